The normalized spacial score (nSPS) is 14.5. The molecule has 1 saturated carbocycles. The van der Waals surface area contributed by atoms with Gasteiger partial charge in [-0.15, -0.1) is 0 Å². The first kappa shape index (κ1) is 25.7. The molecule has 0 bridgehead atoms. The first-order valence-electron chi connectivity index (χ1n) is 11.4. The Bertz CT molecular complexity index is 1030. The lowest BCUT2D eigenvalue weighted by molar-refractivity contribution is -0.144. The summed E-state index contributed by atoms with van der Waals surface area (Å²) in [6.07, 6.45) is -2.28. The third-order valence-corrected chi connectivity index (χ3v) is 5.98. The van der Waals surface area contributed by atoms with Gasteiger partial charge in [-0.1, -0.05) is 12.1 Å². The number of hydrogen-bond acceptors (Lipinski definition) is 5. The van der Waals surface area contributed by atoms with Crippen LogP contribution in [0.1, 0.15) is 55.7 Å². The van der Waals surface area contributed by atoms with E-state index >= 15 is 0 Å². The number of esters is 1. The topological polar surface area (TPSA) is 64.6 Å². The average molecular weight is 478 g/mol. The highest BCUT2D eigenvalue weighted by molar-refractivity contribution is 5.83. The molecule has 1 unspecified atom stereocenters. The largest absolute Gasteiger partial charge is 0.496 e. The number of carbonyl (C=O) groups excluding carboxylic acids is 2. The van der Waals surface area contributed by atoms with Gasteiger partial charge in [-0.3, -0.25) is 9.59 Å². The van der Waals surface area contributed by atoms with Crippen molar-refractivity contribution in [3.05, 3.63) is 53.1 Å². The number of ether oxygens (including phenoxy) is 2. The van der Waals surface area contributed by atoms with Gasteiger partial charge in [0.2, 0.25) is 0 Å². The molecule has 1 N–H and O–H groups in total. The van der Waals surface area contributed by atoms with E-state index in [2.05, 4.69) is 5.32 Å². The van der Waals surface area contributed by atoms with Gasteiger partial charge in [-0.2, -0.15) is 13.2 Å². The van der Waals surface area contributed by atoms with E-state index in [0.29, 0.717) is 41.0 Å². The molecule has 0 heterocycles. The zero-order chi connectivity index (χ0) is 24.9. The van der Waals surface area contributed by atoms with Crippen LogP contribution in [0, 0.1) is 5.92 Å². The van der Waals surface area contributed by atoms with Gasteiger partial charge in [0.25, 0.3) is 0 Å². The van der Waals surface area contributed by atoms with E-state index in [0.717, 1.165) is 25.0 Å². The maximum Gasteiger partial charge on any atom is 0.416 e. The van der Waals surface area contributed by atoms with Crippen LogP contribution < -0.4 is 10.1 Å². The summed E-state index contributed by atoms with van der Waals surface area (Å²) in [6.45, 7) is 4.24. The standard InChI is InChI=1S/C26H30F3NO4/c1-4-34-25(32)16(2)18-7-10-24(33-3)22(14-18)21-9-8-20(26(27,28)29)13-19(21)15-30-12-11-23(31)17-5-6-17/h7-10,13-14,16-17,30H,4-6,11-12,15H2,1-3H3. The number of nitrogens with one attached hydrogen (secondary N) is 1. The van der Waals surface area contributed by atoms with E-state index in [9.17, 15) is 22.8 Å². The highest BCUT2D eigenvalue weighted by Gasteiger charge is 2.31. The van der Waals surface area contributed by atoms with Crippen molar-refractivity contribution in [1.82, 2.24) is 5.32 Å². The predicted octanol–water partition coefficient (Wildman–Crippen LogP) is 5.51. The number of carbonyl (C=O) groups is 2. The molecular weight excluding hydrogens is 447 g/mol. The Morgan fingerprint density at radius 2 is 1.85 bits per heavy atom. The summed E-state index contributed by atoms with van der Waals surface area (Å²) in [5.74, 6) is -0.106. The number of alkyl halides is 3. The first-order valence-corrected chi connectivity index (χ1v) is 11.4. The lowest BCUT2D eigenvalue weighted by Gasteiger charge is -2.19. The molecule has 0 aromatic heterocycles. The third kappa shape index (κ3) is 6.38. The summed E-state index contributed by atoms with van der Waals surface area (Å²) in [7, 11) is 1.48. The Labute approximate surface area is 197 Å². The monoisotopic (exact) mass is 477 g/mol. The van der Waals surface area contributed by atoms with E-state index in [1.165, 1.54) is 13.2 Å². The van der Waals surface area contributed by atoms with Gasteiger partial charge in [-0.05, 0) is 67.6 Å². The Balaban J connectivity index is 1.93. The molecule has 0 spiro atoms. The molecule has 2 aromatic rings. The molecule has 1 fully saturated rings. The molecule has 34 heavy (non-hydrogen) atoms. The molecule has 3 rings (SSSR count). The zero-order valence-electron chi connectivity index (χ0n) is 19.6. The summed E-state index contributed by atoms with van der Waals surface area (Å²) in [6, 6.07) is 8.77. The summed E-state index contributed by atoms with van der Waals surface area (Å²) in [5, 5.41) is 3.11. The maximum absolute atomic E-state index is 13.4. The average Bonchev–Trinajstić information content (AvgIpc) is 3.66. The van der Waals surface area contributed by atoms with Gasteiger partial charge in [0.15, 0.2) is 0 Å². The van der Waals surface area contributed by atoms with Crippen LogP contribution >= 0.6 is 0 Å². The van der Waals surface area contributed by atoms with Crippen LogP contribution in [-0.2, 0) is 27.0 Å². The van der Waals surface area contributed by atoms with Crippen molar-refractivity contribution in [2.75, 3.05) is 20.3 Å². The fourth-order valence-corrected chi connectivity index (χ4v) is 3.83. The van der Waals surface area contributed by atoms with E-state index in [1.54, 1.807) is 32.0 Å². The number of hydrogen-bond donors (Lipinski definition) is 1. The van der Waals surface area contributed by atoms with Crippen molar-refractivity contribution < 1.29 is 32.2 Å². The Morgan fingerprint density at radius 3 is 2.47 bits per heavy atom. The number of benzene rings is 2. The van der Waals surface area contributed by atoms with Gasteiger partial charge in [0.1, 0.15) is 11.5 Å². The number of halogens is 3. The molecule has 0 amide bonds. The smallest absolute Gasteiger partial charge is 0.416 e. The van der Waals surface area contributed by atoms with Gasteiger partial charge < -0.3 is 14.8 Å². The fourth-order valence-electron chi connectivity index (χ4n) is 3.83. The maximum atomic E-state index is 13.4. The van der Waals surface area contributed by atoms with Crippen molar-refractivity contribution in [3.8, 4) is 16.9 Å². The number of Topliss-reactive ketones (excluding diaryl/α,β-unsaturated/α-hetero) is 1. The van der Waals surface area contributed by atoms with Crippen molar-refractivity contribution in [2.45, 2.75) is 51.7 Å². The second kappa shape index (κ2) is 11.0. The van der Waals surface area contributed by atoms with Gasteiger partial charge in [0.05, 0.1) is 25.2 Å². The van der Waals surface area contributed by atoms with Crippen LogP contribution in [0.15, 0.2) is 36.4 Å². The van der Waals surface area contributed by atoms with Crippen LogP contribution in [-0.4, -0.2) is 32.0 Å². The Hall–Kier alpha value is -2.87. The predicted molar refractivity (Wildman–Crippen MR) is 123 cm³/mol. The quantitative estimate of drug-likeness (QED) is 0.342. The number of ketones is 1. The SMILES string of the molecule is CCOC(=O)C(C)c1ccc(OC)c(-c2ccc(C(F)(F)F)cc2CNCCC(=O)C2CC2)c1. The highest BCUT2D eigenvalue weighted by atomic mass is 19.4. The summed E-state index contributed by atoms with van der Waals surface area (Å²) < 4.78 is 50.9. The zero-order valence-corrected chi connectivity index (χ0v) is 19.6. The molecule has 2 aromatic carbocycles. The lowest BCUT2D eigenvalue weighted by atomic mass is 9.92. The van der Waals surface area contributed by atoms with Crippen LogP contribution in [0.25, 0.3) is 11.1 Å². The number of rotatable bonds is 11. The minimum absolute atomic E-state index is 0.151. The minimum atomic E-state index is -4.49. The van der Waals surface area contributed by atoms with Crippen LogP contribution in [0.4, 0.5) is 13.2 Å². The highest BCUT2D eigenvalue weighted by Crippen LogP contribution is 2.38. The van der Waals surface area contributed by atoms with Gasteiger partial charge in [-0.25, -0.2) is 0 Å². The van der Waals surface area contributed by atoms with E-state index in [-0.39, 0.29) is 30.8 Å². The molecule has 0 radical (unpaired) electrons. The molecule has 0 aliphatic heterocycles. The van der Waals surface area contributed by atoms with Crippen LogP contribution in [0.3, 0.4) is 0 Å². The van der Waals surface area contributed by atoms with Crippen LogP contribution in [0.5, 0.6) is 5.75 Å². The van der Waals surface area contributed by atoms with Crippen LogP contribution in [0.2, 0.25) is 0 Å². The second-order valence-corrected chi connectivity index (χ2v) is 8.47. The molecule has 1 atom stereocenters. The summed E-state index contributed by atoms with van der Waals surface area (Å²) in [5.41, 5.74) is 1.48. The van der Waals surface area contributed by atoms with E-state index in [1.807, 2.05) is 0 Å². The van der Waals surface area contributed by atoms with Gasteiger partial charge in [0, 0.05) is 31.0 Å². The van der Waals surface area contributed by atoms with Crippen molar-refractivity contribution in [2.24, 2.45) is 5.92 Å². The summed E-state index contributed by atoms with van der Waals surface area (Å²) >= 11 is 0. The van der Waals surface area contributed by atoms with Crippen molar-refractivity contribution >= 4 is 11.8 Å². The molecule has 184 valence electrons. The van der Waals surface area contributed by atoms with E-state index < -0.39 is 17.7 Å². The molecule has 0 saturated heterocycles. The molecular formula is C26H30F3NO4. The molecule has 5 nitrogen and oxygen atoms in total. The van der Waals surface area contributed by atoms with Gasteiger partial charge >= 0.3 is 12.1 Å². The second-order valence-electron chi connectivity index (χ2n) is 8.47. The first-order chi connectivity index (χ1) is 16.2. The van der Waals surface area contributed by atoms with Crippen molar-refractivity contribution in [1.29, 1.82) is 0 Å². The Morgan fingerprint density at radius 1 is 1.12 bits per heavy atom. The van der Waals surface area contributed by atoms with Crippen molar-refractivity contribution in [3.63, 3.8) is 0 Å². The molecule has 1 aliphatic rings. The number of methoxy groups -OCH3 is 1. The minimum Gasteiger partial charge on any atom is -0.496 e. The lowest BCUT2D eigenvalue weighted by Crippen LogP contribution is -2.19. The molecule has 1 aliphatic carbocycles. The third-order valence-electron chi connectivity index (χ3n) is 5.98. The summed E-state index contributed by atoms with van der Waals surface area (Å²) in [4.78, 5) is 24.2. The van der Waals surface area contributed by atoms with E-state index in [4.69, 9.17) is 9.47 Å². The fraction of sp³-hybridized carbons (Fsp3) is 0.462. The molecule has 8 heteroatoms. The Kier molecular flexibility index (Phi) is 8.36.